The molecule has 1 aromatic rings. The molecule has 4 nitrogen and oxygen atoms in total. The minimum Gasteiger partial charge on any atom is -0.358 e. The maximum atomic E-state index is 6.16. The molecule has 1 aliphatic heterocycles. The average Bonchev–Trinajstić information content (AvgIpc) is 2.73. The number of rotatable bonds is 3. The molecule has 0 radical (unpaired) electrons. The summed E-state index contributed by atoms with van der Waals surface area (Å²) in [6.45, 7) is 8.48. The molecule has 0 spiro atoms. The predicted octanol–water partition coefficient (Wildman–Crippen LogP) is 2.96. The molecule has 5 heteroatoms. The van der Waals surface area contributed by atoms with Crippen LogP contribution in [0.2, 0.25) is 5.15 Å². The van der Waals surface area contributed by atoms with Gasteiger partial charge in [-0.2, -0.15) is 0 Å². The smallest absolute Gasteiger partial charge is 0.137 e. The minimum absolute atomic E-state index is 0.0926. The number of likely N-dealkylation sites (tertiary alicyclic amines) is 1. The van der Waals surface area contributed by atoms with Gasteiger partial charge in [-0.25, -0.2) is 9.97 Å². The molecule has 2 heterocycles. The Morgan fingerprint density at radius 2 is 2.10 bits per heavy atom. The van der Waals surface area contributed by atoms with Crippen LogP contribution in [0, 0.1) is 0 Å². The van der Waals surface area contributed by atoms with Crippen LogP contribution in [0.5, 0.6) is 0 Å². The molecule has 0 aromatic carbocycles. The fraction of sp³-hybridized carbons (Fsp3) is 0.733. The van der Waals surface area contributed by atoms with Crippen LogP contribution < -0.4 is 4.90 Å². The highest BCUT2D eigenvalue weighted by Crippen LogP contribution is 2.24. The molecule has 0 saturated carbocycles. The highest BCUT2D eigenvalue weighted by Gasteiger charge is 2.24. The molecule has 20 heavy (non-hydrogen) atoms. The summed E-state index contributed by atoms with van der Waals surface area (Å²) in [5.41, 5.74) is -0.0926. The molecule has 0 amide bonds. The van der Waals surface area contributed by atoms with E-state index in [1.807, 2.05) is 6.07 Å². The minimum atomic E-state index is -0.0926. The van der Waals surface area contributed by atoms with Crippen LogP contribution in [0.3, 0.4) is 0 Å². The van der Waals surface area contributed by atoms with Crippen LogP contribution >= 0.6 is 11.6 Å². The molecule has 1 saturated heterocycles. The monoisotopic (exact) mass is 296 g/mol. The molecule has 1 unspecified atom stereocenters. The van der Waals surface area contributed by atoms with Crippen molar-refractivity contribution in [1.29, 1.82) is 0 Å². The summed E-state index contributed by atoms with van der Waals surface area (Å²) in [6.07, 6.45) is 2.54. The number of aromatic nitrogens is 2. The number of hydrogen-bond acceptors (Lipinski definition) is 4. The molecule has 1 aliphatic rings. The molecule has 0 bridgehead atoms. The lowest BCUT2D eigenvalue weighted by molar-refractivity contribution is 0.314. The Morgan fingerprint density at radius 1 is 1.40 bits per heavy atom. The SMILES string of the molecule is CN(CC1CCCN1C)c1cc(Cl)nc(C(C)(C)C)n1. The van der Waals surface area contributed by atoms with Gasteiger partial charge in [0.1, 0.15) is 16.8 Å². The standard InChI is InChI=1S/C15H25ClN4/c1-15(2,3)14-17-12(16)9-13(18-14)20(5)10-11-7-6-8-19(11)4/h9,11H,6-8,10H2,1-5H3. The van der Waals surface area contributed by atoms with Crippen LogP contribution in [-0.2, 0) is 5.41 Å². The maximum Gasteiger partial charge on any atom is 0.137 e. The molecule has 0 aliphatic carbocycles. The summed E-state index contributed by atoms with van der Waals surface area (Å²) < 4.78 is 0. The second-order valence-corrected chi connectivity index (χ2v) is 7.17. The summed E-state index contributed by atoms with van der Waals surface area (Å²) in [5, 5.41) is 0.520. The van der Waals surface area contributed by atoms with Crippen LogP contribution in [-0.4, -0.2) is 48.1 Å². The van der Waals surface area contributed by atoms with Crippen molar-refractivity contribution in [3.05, 3.63) is 17.0 Å². The van der Waals surface area contributed by atoms with Gasteiger partial charge in [0.25, 0.3) is 0 Å². The number of halogens is 1. The van der Waals surface area contributed by atoms with E-state index in [-0.39, 0.29) is 5.41 Å². The lowest BCUT2D eigenvalue weighted by Crippen LogP contribution is -2.37. The summed E-state index contributed by atoms with van der Waals surface area (Å²) in [4.78, 5) is 13.6. The zero-order chi connectivity index (χ0) is 14.9. The Labute approximate surface area is 127 Å². The topological polar surface area (TPSA) is 32.3 Å². The van der Waals surface area contributed by atoms with Crippen molar-refractivity contribution < 1.29 is 0 Å². The molecular formula is C15H25ClN4. The average molecular weight is 297 g/mol. The van der Waals surface area contributed by atoms with Crippen LogP contribution in [0.1, 0.15) is 39.4 Å². The third-order valence-corrected chi connectivity index (χ3v) is 4.09. The number of hydrogen-bond donors (Lipinski definition) is 0. The van der Waals surface area contributed by atoms with Crippen LogP contribution in [0.4, 0.5) is 5.82 Å². The number of nitrogens with zero attached hydrogens (tertiary/aromatic N) is 4. The highest BCUT2D eigenvalue weighted by atomic mass is 35.5. The summed E-state index contributed by atoms with van der Waals surface area (Å²) in [7, 11) is 4.27. The Hall–Kier alpha value is -0.870. The zero-order valence-corrected chi connectivity index (χ0v) is 13.9. The quantitative estimate of drug-likeness (QED) is 0.803. The van der Waals surface area contributed by atoms with Crippen molar-refractivity contribution in [2.75, 3.05) is 32.1 Å². The van der Waals surface area contributed by atoms with Gasteiger partial charge in [0.05, 0.1) is 0 Å². The van der Waals surface area contributed by atoms with Gasteiger partial charge in [0.2, 0.25) is 0 Å². The van der Waals surface area contributed by atoms with Gasteiger partial charge in [0, 0.05) is 31.1 Å². The van der Waals surface area contributed by atoms with Gasteiger partial charge >= 0.3 is 0 Å². The number of likely N-dealkylation sites (N-methyl/N-ethyl adjacent to an activating group) is 2. The number of anilines is 1. The Balaban J connectivity index is 2.17. The molecule has 1 atom stereocenters. The first-order valence-electron chi connectivity index (χ1n) is 7.24. The first-order chi connectivity index (χ1) is 9.27. The molecular weight excluding hydrogens is 272 g/mol. The zero-order valence-electron chi connectivity index (χ0n) is 13.1. The van der Waals surface area contributed by atoms with Crippen LogP contribution in [0.15, 0.2) is 6.07 Å². The van der Waals surface area contributed by atoms with Crippen molar-refractivity contribution in [2.24, 2.45) is 0 Å². The molecule has 1 aromatic heterocycles. The summed E-state index contributed by atoms with van der Waals surface area (Å²) in [6, 6.07) is 2.46. The first-order valence-corrected chi connectivity index (χ1v) is 7.61. The van der Waals surface area contributed by atoms with E-state index in [1.165, 1.54) is 19.4 Å². The third kappa shape index (κ3) is 3.61. The van der Waals surface area contributed by atoms with Crippen LogP contribution in [0.25, 0.3) is 0 Å². The first kappa shape index (κ1) is 15.5. The van der Waals surface area contributed by atoms with Crippen molar-refractivity contribution in [3.8, 4) is 0 Å². The van der Waals surface area contributed by atoms with Crippen molar-refractivity contribution >= 4 is 17.4 Å². The van der Waals surface area contributed by atoms with Gasteiger partial charge < -0.3 is 9.80 Å². The normalized spacial score (nSPS) is 20.4. The van der Waals surface area contributed by atoms with E-state index in [9.17, 15) is 0 Å². The van der Waals surface area contributed by atoms with E-state index in [1.54, 1.807) is 0 Å². The molecule has 112 valence electrons. The second-order valence-electron chi connectivity index (χ2n) is 6.78. The fourth-order valence-corrected chi connectivity index (χ4v) is 2.73. The van der Waals surface area contributed by atoms with Crippen molar-refractivity contribution in [2.45, 2.75) is 45.1 Å². The van der Waals surface area contributed by atoms with E-state index in [2.05, 4.69) is 54.6 Å². The van der Waals surface area contributed by atoms with Crippen molar-refractivity contribution in [3.63, 3.8) is 0 Å². The second kappa shape index (κ2) is 5.86. The van der Waals surface area contributed by atoms with Gasteiger partial charge in [0.15, 0.2) is 0 Å². The Morgan fingerprint density at radius 3 is 2.65 bits per heavy atom. The highest BCUT2D eigenvalue weighted by molar-refractivity contribution is 6.29. The van der Waals surface area contributed by atoms with Gasteiger partial charge in [-0.15, -0.1) is 0 Å². The molecule has 1 fully saturated rings. The Kier molecular flexibility index (Phi) is 4.55. The molecule has 0 N–H and O–H groups in total. The van der Waals surface area contributed by atoms with Gasteiger partial charge in [-0.3, -0.25) is 0 Å². The lowest BCUT2D eigenvalue weighted by Gasteiger charge is -2.27. The van der Waals surface area contributed by atoms with E-state index in [4.69, 9.17) is 11.6 Å². The van der Waals surface area contributed by atoms with Gasteiger partial charge in [-0.05, 0) is 26.4 Å². The van der Waals surface area contributed by atoms with Crippen molar-refractivity contribution in [1.82, 2.24) is 14.9 Å². The predicted molar refractivity (Wildman–Crippen MR) is 84.7 cm³/mol. The largest absolute Gasteiger partial charge is 0.358 e. The molecule has 2 rings (SSSR count). The maximum absolute atomic E-state index is 6.16. The van der Waals surface area contributed by atoms with E-state index < -0.39 is 0 Å². The van der Waals surface area contributed by atoms with E-state index in [0.29, 0.717) is 11.2 Å². The fourth-order valence-electron chi connectivity index (χ4n) is 2.56. The lowest BCUT2D eigenvalue weighted by atomic mass is 9.96. The Bertz CT molecular complexity index is 469. The summed E-state index contributed by atoms with van der Waals surface area (Å²) in [5.74, 6) is 1.71. The van der Waals surface area contributed by atoms with Gasteiger partial charge in [-0.1, -0.05) is 32.4 Å². The summed E-state index contributed by atoms with van der Waals surface area (Å²) >= 11 is 6.16. The third-order valence-electron chi connectivity index (χ3n) is 3.90. The van der Waals surface area contributed by atoms with E-state index in [0.717, 1.165) is 18.2 Å². The van der Waals surface area contributed by atoms with E-state index >= 15 is 0 Å².